The summed E-state index contributed by atoms with van der Waals surface area (Å²) in [5.41, 5.74) is 3.50. The summed E-state index contributed by atoms with van der Waals surface area (Å²) in [7, 11) is 0. The summed E-state index contributed by atoms with van der Waals surface area (Å²) < 4.78 is 6.26. The number of pyridine rings is 2. The number of amides is 1. The fourth-order valence-electron chi connectivity index (χ4n) is 2.38. The molecule has 2 heterocycles. The molecule has 132 valence electrons. The lowest BCUT2D eigenvalue weighted by molar-refractivity contribution is 0.0950. The Morgan fingerprint density at radius 3 is 2.81 bits per heavy atom. The first kappa shape index (κ1) is 17.8. The maximum Gasteiger partial charge on any atom is 0.254 e. The minimum Gasteiger partial charge on any atom is -0.439 e. The van der Waals surface area contributed by atoms with Crippen molar-refractivity contribution < 1.29 is 9.53 Å². The van der Waals surface area contributed by atoms with Gasteiger partial charge in [0.1, 0.15) is 10.4 Å². The highest BCUT2D eigenvalue weighted by molar-refractivity contribution is 7.71. The number of benzene rings is 1. The van der Waals surface area contributed by atoms with Crippen molar-refractivity contribution in [2.75, 3.05) is 0 Å². The summed E-state index contributed by atoms with van der Waals surface area (Å²) in [4.78, 5) is 19.3. The number of ether oxygens (including phenoxy) is 1. The number of hydrogen-bond acceptors (Lipinski definition) is 4. The summed E-state index contributed by atoms with van der Waals surface area (Å²) >= 11 is 5.11. The third kappa shape index (κ3) is 4.34. The van der Waals surface area contributed by atoms with Crippen LogP contribution in [0.1, 0.15) is 27.0 Å². The van der Waals surface area contributed by atoms with Crippen molar-refractivity contribution in [3.05, 3.63) is 81.8 Å². The van der Waals surface area contributed by atoms with Crippen LogP contribution < -0.4 is 10.1 Å². The predicted molar refractivity (Wildman–Crippen MR) is 103 cm³/mol. The van der Waals surface area contributed by atoms with Crippen LogP contribution in [0.25, 0.3) is 0 Å². The van der Waals surface area contributed by atoms with Crippen molar-refractivity contribution in [2.45, 2.75) is 20.4 Å². The van der Waals surface area contributed by atoms with Gasteiger partial charge in [0.05, 0.1) is 5.56 Å². The number of nitrogens with one attached hydrogen (secondary N) is 2. The third-order valence-electron chi connectivity index (χ3n) is 3.87. The fraction of sp³-hybridized carbons (Fsp3) is 0.150. The van der Waals surface area contributed by atoms with Crippen molar-refractivity contribution in [1.29, 1.82) is 0 Å². The Morgan fingerprint density at radius 1 is 1.23 bits per heavy atom. The molecule has 3 rings (SSSR count). The van der Waals surface area contributed by atoms with E-state index in [1.54, 1.807) is 30.6 Å². The van der Waals surface area contributed by atoms with Crippen LogP contribution >= 0.6 is 12.2 Å². The molecule has 0 saturated heterocycles. The largest absolute Gasteiger partial charge is 0.439 e. The van der Waals surface area contributed by atoms with Crippen molar-refractivity contribution >= 4 is 18.1 Å². The molecule has 26 heavy (non-hydrogen) atoms. The number of hydrogen-bond donors (Lipinski definition) is 2. The van der Waals surface area contributed by atoms with Gasteiger partial charge in [0.15, 0.2) is 0 Å². The normalized spacial score (nSPS) is 10.4. The number of aryl methyl sites for hydroxylation is 2. The van der Waals surface area contributed by atoms with Gasteiger partial charge in [-0.1, -0.05) is 30.4 Å². The van der Waals surface area contributed by atoms with Crippen LogP contribution in [0.15, 0.2) is 54.9 Å². The fourth-order valence-corrected chi connectivity index (χ4v) is 2.61. The molecule has 0 atom stereocenters. The molecule has 0 fully saturated rings. The van der Waals surface area contributed by atoms with Gasteiger partial charge in [0.2, 0.25) is 5.88 Å². The summed E-state index contributed by atoms with van der Waals surface area (Å²) in [5.74, 6) is 1.08. The Kier molecular flexibility index (Phi) is 5.43. The number of nitrogens with zero attached hydrogens (tertiary/aromatic N) is 1. The number of aromatic amines is 1. The Morgan fingerprint density at radius 2 is 2.08 bits per heavy atom. The monoisotopic (exact) mass is 365 g/mol. The highest BCUT2D eigenvalue weighted by Gasteiger charge is 2.08. The molecular formula is C20H19N3O2S. The zero-order chi connectivity index (χ0) is 18.5. The molecule has 0 aliphatic heterocycles. The van der Waals surface area contributed by atoms with E-state index < -0.39 is 0 Å². The zero-order valence-corrected chi connectivity index (χ0v) is 15.4. The molecule has 2 N–H and O–H groups in total. The van der Waals surface area contributed by atoms with Gasteiger partial charge in [-0.3, -0.25) is 4.79 Å². The first-order valence-corrected chi connectivity index (χ1v) is 8.60. The van der Waals surface area contributed by atoms with Gasteiger partial charge >= 0.3 is 0 Å². The van der Waals surface area contributed by atoms with Gasteiger partial charge in [0.25, 0.3) is 5.91 Å². The number of H-pyrrole nitrogens is 1. The molecule has 3 aromatic rings. The smallest absolute Gasteiger partial charge is 0.254 e. The van der Waals surface area contributed by atoms with E-state index in [1.807, 2.05) is 38.1 Å². The molecule has 0 spiro atoms. The Balaban J connectivity index is 1.63. The first-order chi connectivity index (χ1) is 12.5. The third-order valence-corrected chi connectivity index (χ3v) is 4.21. The second-order valence-electron chi connectivity index (χ2n) is 5.97. The van der Waals surface area contributed by atoms with E-state index in [2.05, 4.69) is 15.3 Å². The number of carbonyl (C=O) groups excluding carboxylic acids is 1. The molecule has 6 heteroatoms. The summed E-state index contributed by atoms with van der Waals surface area (Å²) in [6, 6.07) is 13.1. The molecule has 2 aromatic heterocycles. The second-order valence-corrected chi connectivity index (χ2v) is 6.38. The van der Waals surface area contributed by atoms with E-state index in [4.69, 9.17) is 17.0 Å². The van der Waals surface area contributed by atoms with Crippen LogP contribution in [-0.4, -0.2) is 15.9 Å². The van der Waals surface area contributed by atoms with Crippen LogP contribution in [0, 0.1) is 18.5 Å². The molecular weight excluding hydrogens is 346 g/mol. The quantitative estimate of drug-likeness (QED) is 0.654. The van der Waals surface area contributed by atoms with Crippen LogP contribution in [0.5, 0.6) is 11.6 Å². The molecule has 0 aliphatic rings. The molecule has 0 radical (unpaired) electrons. The van der Waals surface area contributed by atoms with E-state index in [0.29, 0.717) is 22.6 Å². The van der Waals surface area contributed by atoms with Crippen LogP contribution in [0.2, 0.25) is 0 Å². The minimum absolute atomic E-state index is 0.220. The maximum atomic E-state index is 12.2. The Labute approximate surface area is 157 Å². The average molecular weight is 365 g/mol. The molecule has 0 bridgehead atoms. The van der Waals surface area contributed by atoms with E-state index in [-0.39, 0.29) is 5.91 Å². The van der Waals surface area contributed by atoms with Crippen molar-refractivity contribution in [1.82, 2.24) is 15.3 Å². The standard InChI is InChI=1S/C20H19N3O2S/c1-13-5-6-14(2)17(10-13)25-18-8-7-15(11-22-18)12-23-19(24)16-4-3-9-21-20(16)26/h3-11H,12H2,1-2H3,(H,21,26)(H,23,24). The van der Waals surface area contributed by atoms with Crippen LogP contribution in [0.4, 0.5) is 0 Å². The average Bonchev–Trinajstić information content (AvgIpc) is 2.64. The summed E-state index contributed by atoms with van der Waals surface area (Å²) in [6.07, 6.45) is 3.38. The maximum absolute atomic E-state index is 12.2. The topological polar surface area (TPSA) is 67.0 Å². The molecule has 5 nitrogen and oxygen atoms in total. The Hall–Kier alpha value is -2.99. The van der Waals surface area contributed by atoms with Gasteiger partial charge in [-0.2, -0.15) is 0 Å². The summed E-state index contributed by atoms with van der Waals surface area (Å²) in [5, 5.41) is 2.84. The highest BCUT2D eigenvalue weighted by atomic mass is 32.1. The predicted octanol–water partition coefficient (Wildman–Crippen LogP) is 4.48. The second kappa shape index (κ2) is 7.93. The lowest BCUT2D eigenvalue weighted by Crippen LogP contribution is -2.23. The van der Waals surface area contributed by atoms with Gasteiger partial charge in [-0.05, 0) is 48.7 Å². The first-order valence-electron chi connectivity index (χ1n) is 8.19. The van der Waals surface area contributed by atoms with Crippen molar-refractivity contribution in [3.8, 4) is 11.6 Å². The van der Waals surface area contributed by atoms with Gasteiger partial charge in [0, 0.05) is 25.0 Å². The number of aromatic nitrogens is 2. The minimum atomic E-state index is -0.220. The lowest BCUT2D eigenvalue weighted by Gasteiger charge is -2.09. The lowest BCUT2D eigenvalue weighted by atomic mass is 10.1. The molecule has 1 amide bonds. The van der Waals surface area contributed by atoms with Crippen LogP contribution in [0.3, 0.4) is 0 Å². The summed E-state index contributed by atoms with van der Waals surface area (Å²) in [6.45, 7) is 4.37. The zero-order valence-electron chi connectivity index (χ0n) is 14.6. The van der Waals surface area contributed by atoms with E-state index >= 15 is 0 Å². The highest BCUT2D eigenvalue weighted by Crippen LogP contribution is 2.24. The van der Waals surface area contributed by atoms with E-state index in [1.165, 1.54) is 0 Å². The van der Waals surface area contributed by atoms with Gasteiger partial charge in [-0.15, -0.1) is 0 Å². The SMILES string of the molecule is Cc1ccc(C)c(Oc2ccc(CNC(=O)c3ccc[nH]c3=S)cn2)c1. The van der Waals surface area contributed by atoms with Crippen LogP contribution in [-0.2, 0) is 6.54 Å². The van der Waals surface area contributed by atoms with E-state index in [9.17, 15) is 4.79 Å². The molecule has 0 aliphatic carbocycles. The number of carbonyl (C=O) groups is 1. The molecule has 0 unspecified atom stereocenters. The Bertz CT molecular complexity index is 981. The van der Waals surface area contributed by atoms with Gasteiger partial charge in [-0.25, -0.2) is 4.98 Å². The van der Waals surface area contributed by atoms with Crippen molar-refractivity contribution in [2.24, 2.45) is 0 Å². The molecule has 1 aromatic carbocycles. The van der Waals surface area contributed by atoms with Crippen molar-refractivity contribution in [3.63, 3.8) is 0 Å². The molecule has 0 saturated carbocycles. The number of rotatable bonds is 5. The van der Waals surface area contributed by atoms with Gasteiger partial charge < -0.3 is 15.0 Å². The van der Waals surface area contributed by atoms with E-state index in [0.717, 1.165) is 22.4 Å².